The number of H-pyrrole nitrogens is 1. The molecule has 3 aromatic carbocycles. The molecule has 0 aliphatic carbocycles. The largest absolute Gasteiger partial charge is 0.384 e. The van der Waals surface area contributed by atoms with Crippen LogP contribution in [-0.2, 0) is 16.1 Å². The molecule has 0 saturated carbocycles. The van der Waals surface area contributed by atoms with Gasteiger partial charge in [-0.2, -0.15) is 0 Å². The van der Waals surface area contributed by atoms with Gasteiger partial charge in [0.05, 0.1) is 28.7 Å². The van der Waals surface area contributed by atoms with Crippen molar-refractivity contribution in [3.63, 3.8) is 0 Å². The minimum atomic E-state index is -1.01. The van der Waals surface area contributed by atoms with Crippen LogP contribution >= 0.6 is 0 Å². The lowest BCUT2D eigenvalue weighted by molar-refractivity contribution is -0.136. The third-order valence-electron chi connectivity index (χ3n) is 10.4. The maximum absolute atomic E-state index is 13.3. The number of hydrogen-bond donors (Lipinski definition) is 5. The van der Waals surface area contributed by atoms with Gasteiger partial charge in [0, 0.05) is 48.1 Å². The number of nitrogens with one attached hydrogen (secondary N) is 5. The smallest absolute Gasteiger partial charge is 0.264 e. The minimum absolute atomic E-state index is 0.0652. The van der Waals surface area contributed by atoms with Gasteiger partial charge in [0.15, 0.2) is 0 Å². The van der Waals surface area contributed by atoms with Gasteiger partial charge in [0.1, 0.15) is 11.9 Å². The Morgan fingerprint density at radius 2 is 1.65 bits per heavy atom. The van der Waals surface area contributed by atoms with Crippen LogP contribution in [0.4, 0.5) is 11.4 Å². The zero-order valence-electron chi connectivity index (χ0n) is 30.2. The molecule has 280 valence electrons. The molecule has 54 heavy (non-hydrogen) atoms. The van der Waals surface area contributed by atoms with Crippen molar-refractivity contribution < 1.29 is 28.8 Å². The average molecular weight is 733 g/mol. The van der Waals surface area contributed by atoms with Gasteiger partial charge < -0.3 is 20.9 Å². The number of nitrogens with zero attached hydrogens (tertiary/aromatic N) is 3. The molecule has 5 N–H and O–H groups in total. The third-order valence-corrected chi connectivity index (χ3v) is 10.4. The molecule has 6 amide bonds. The van der Waals surface area contributed by atoms with Gasteiger partial charge in [0.2, 0.25) is 11.8 Å². The van der Waals surface area contributed by atoms with E-state index in [1.165, 1.54) is 12.8 Å². The van der Waals surface area contributed by atoms with E-state index in [-0.39, 0.29) is 35.8 Å². The van der Waals surface area contributed by atoms with Crippen LogP contribution in [0.1, 0.15) is 106 Å². The number of amides is 6. The van der Waals surface area contributed by atoms with E-state index < -0.39 is 29.7 Å². The molecule has 1 unspecified atom stereocenters. The first-order valence-electron chi connectivity index (χ1n) is 18.7. The topological polar surface area (TPSA) is 186 Å². The Labute approximate surface area is 312 Å². The number of imide groups is 2. The van der Waals surface area contributed by atoms with Crippen molar-refractivity contribution in [3.05, 3.63) is 88.7 Å². The number of aromatic nitrogens is 2. The molecule has 3 aliphatic heterocycles. The molecular weight excluding hydrogens is 688 g/mol. The molecule has 2 fully saturated rings. The number of unbranched alkanes of at least 4 members (excludes halogenated alkanes) is 3. The van der Waals surface area contributed by atoms with Crippen LogP contribution in [0.25, 0.3) is 11.0 Å². The van der Waals surface area contributed by atoms with E-state index in [0.717, 1.165) is 60.5 Å². The third kappa shape index (κ3) is 7.88. The van der Waals surface area contributed by atoms with E-state index in [1.54, 1.807) is 42.5 Å². The Hall–Kier alpha value is -5.89. The number of imidazole rings is 1. The van der Waals surface area contributed by atoms with Crippen molar-refractivity contribution in [1.29, 1.82) is 0 Å². The highest BCUT2D eigenvalue weighted by molar-refractivity contribution is 6.25. The van der Waals surface area contributed by atoms with Crippen LogP contribution in [0.15, 0.2) is 60.7 Å². The number of carbonyl (C=O) groups excluding carboxylic acids is 6. The van der Waals surface area contributed by atoms with E-state index in [1.807, 2.05) is 18.2 Å². The Kier molecular flexibility index (Phi) is 10.8. The highest BCUT2D eigenvalue weighted by Gasteiger charge is 2.45. The average Bonchev–Trinajstić information content (AvgIpc) is 3.84. The number of rotatable bonds is 14. The summed E-state index contributed by atoms with van der Waals surface area (Å²) in [6.45, 7) is 5.12. The number of anilines is 2. The molecule has 3 aliphatic rings. The second-order valence-corrected chi connectivity index (χ2v) is 14.2. The van der Waals surface area contributed by atoms with Crippen LogP contribution < -0.4 is 21.3 Å². The molecule has 14 nitrogen and oxygen atoms in total. The van der Waals surface area contributed by atoms with Crippen LogP contribution in [-0.4, -0.2) is 86.9 Å². The van der Waals surface area contributed by atoms with E-state index in [0.29, 0.717) is 41.6 Å². The number of aromatic amines is 1. The second-order valence-electron chi connectivity index (χ2n) is 14.2. The van der Waals surface area contributed by atoms with E-state index >= 15 is 0 Å². The summed E-state index contributed by atoms with van der Waals surface area (Å²) in [4.78, 5) is 87.8. The zero-order valence-corrected chi connectivity index (χ0v) is 30.2. The normalized spacial score (nSPS) is 18.6. The Balaban J connectivity index is 0.831. The SMILES string of the molecule is C[C@H]1CCCN1Cc1nc2ccc(NC(=O)c3cccc(C(=O)NCCCCCCNc4cccc5c4C(=O)N(C4CCC(=O)NC4=O)C5=O)c3)cc2[nH]1. The van der Waals surface area contributed by atoms with Crippen LogP contribution in [0.2, 0.25) is 0 Å². The Morgan fingerprint density at radius 1 is 0.870 bits per heavy atom. The van der Waals surface area contributed by atoms with Crippen molar-refractivity contribution in [2.24, 2.45) is 0 Å². The standard InChI is InChI=1S/C40H44N8O6/c1-24-9-8-20-47(24)23-33-44-29-15-14-27(22-31(29)45-33)43-37(51)26-11-6-10-25(21-26)36(50)42-19-5-3-2-4-18-41-30-13-7-12-28-35(30)40(54)48(39(28)53)32-16-17-34(49)46-38(32)52/h6-7,10-15,21-22,24,32,41H,2-5,8-9,16-20,23H2,1H3,(H,42,50)(H,43,51)(H,44,45)(H,46,49,52)/t24-,32?/m0/s1. The van der Waals surface area contributed by atoms with Gasteiger partial charge in [-0.15, -0.1) is 0 Å². The highest BCUT2D eigenvalue weighted by Crippen LogP contribution is 2.32. The number of benzene rings is 3. The molecule has 2 saturated heterocycles. The number of carbonyl (C=O) groups is 6. The van der Waals surface area contributed by atoms with Crippen LogP contribution in [0.5, 0.6) is 0 Å². The van der Waals surface area contributed by atoms with Gasteiger partial charge in [-0.3, -0.25) is 43.9 Å². The summed E-state index contributed by atoms with van der Waals surface area (Å²) in [5.41, 5.74) is 4.11. The fourth-order valence-electron chi connectivity index (χ4n) is 7.43. The molecule has 4 aromatic rings. The number of fused-ring (bicyclic) bond motifs is 2. The Bertz CT molecular complexity index is 2130. The molecule has 0 bridgehead atoms. The van der Waals surface area contributed by atoms with Gasteiger partial charge in [0.25, 0.3) is 23.6 Å². The van der Waals surface area contributed by atoms with Gasteiger partial charge >= 0.3 is 0 Å². The summed E-state index contributed by atoms with van der Waals surface area (Å²) in [7, 11) is 0. The monoisotopic (exact) mass is 732 g/mol. The lowest BCUT2D eigenvalue weighted by Crippen LogP contribution is -2.54. The predicted octanol–water partition coefficient (Wildman–Crippen LogP) is 4.60. The fraction of sp³-hybridized carbons (Fsp3) is 0.375. The van der Waals surface area contributed by atoms with Crippen molar-refractivity contribution in [1.82, 2.24) is 30.4 Å². The van der Waals surface area contributed by atoms with Crippen molar-refractivity contribution in [3.8, 4) is 0 Å². The maximum Gasteiger partial charge on any atom is 0.264 e. The molecule has 0 spiro atoms. The number of hydrogen-bond acceptors (Lipinski definition) is 9. The molecule has 1 aromatic heterocycles. The first-order valence-corrected chi connectivity index (χ1v) is 18.7. The first kappa shape index (κ1) is 36.5. The zero-order chi connectivity index (χ0) is 37.8. The summed E-state index contributed by atoms with van der Waals surface area (Å²) in [5.74, 6) is -1.80. The molecule has 2 atom stereocenters. The van der Waals surface area contributed by atoms with E-state index in [9.17, 15) is 28.8 Å². The lowest BCUT2D eigenvalue weighted by atomic mass is 10.0. The van der Waals surface area contributed by atoms with E-state index in [4.69, 9.17) is 4.98 Å². The molecule has 14 heteroatoms. The van der Waals surface area contributed by atoms with Crippen LogP contribution in [0.3, 0.4) is 0 Å². The predicted molar refractivity (Wildman–Crippen MR) is 202 cm³/mol. The van der Waals surface area contributed by atoms with Crippen molar-refractivity contribution >= 4 is 57.9 Å². The summed E-state index contributed by atoms with van der Waals surface area (Å²) in [6.07, 6.45) is 5.85. The maximum atomic E-state index is 13.3. The molecule has 0 radical (unpaired) electrons. The van der Waals surface area contributed by atoms with E-state index in [2.05, 4.69) is 38.1 Å². The molecule has 4 heterocycles. The summed E-state index contributed by atoms with van der Waals surface area (Å²) in [6, 6.07) is 16.8. The minimum Gasteiger partial charge on any atom is -0.384 e. The van der Waals surface area contributed by atoms with Crippen molar-refractivity contribution in [2.75, 3.05) is 30.3 Å². The quantitative estimate of drug-likeness (QED) is 0.0913. The van der Waals surface area contributed by atoms with Crippen LogP contribution in [0, 0.1) is 0 Å². The number of likely N-dealkylation sites (tertiary alicyclic amines) is 1. The summed E-state index contributed by atoms with van der Waals surface area (Å²) in [5, 5.41) is 11.3. The summed E-state index contributed by atoms with van der Waals surface area (Å²) >= 11 is 0. The lowest BCUT2D eigenvalue weighted by Gasteiger charge is -2.27. The van der Waals surface area contributed by atoms with Gasteiger partial charge in [-0.25, -0.2) is 4.98 Å². The Morgan fingerprint density at radius 3 is 2.43 bits per heavy atom. The van der Waals surface area contributed by atoms with Gasteiger partial charge in [-0.1, -0.05) is 25.0 Å². The highest BCUT2D eigenvalue weighted by atomic mass is 16.2. The van der Waals surface area contributed by atoms with Crippen molar-refractivity contribution in [2.45, 2.75) is 76.9 Å². The second kappa shape index (κ2) is 16.0. The number of piperidine rings is 1. The molecule has 7 rings (SSSR count). The van der Waals surface area contributed by atoms with Gasteiger partial charge in [-0.05, 0) is 94.1 Å². The first-order chi connectivity index (χ1) is 26.2. The summed E-state index contributed by atoms with van der Waals surface area (Å²) < 4.78 is 0. The molecular formula is C40H44N8O6. The fourth-order valence-corrected chi connectivity index (χ4v) is 7.43.